The molecule has 0 aliphatic carbocycles. The van der Waals surface area contributed by atoms with Gasteiger partial charge in [0.1, 0.15) is 5.84 Å². The molecule has 4 heteroatoms. The number of para-hydroxylation sites is 1. The van der Waals surface area contributed by atoms with E-state index < -0.39 is 0 Å². The molecule has 2 rings (SSSR count). The Hall–Kier alpha value is -0.350. The van der Waals surface area contributed by atoms with Crippen LogP contribution in [0, 0.1) is 0 Å². The molecule has 2 nitrogen and oxygen atoms in total. The molecule has 1 aliphatic rings. The first-order chi connectivity index (χ1) is 7.27. The molecule has 1 aliphatic heterocycles. The number of benzene rings is 1. The van der Waals surface area contributed by atoms with Crippen LogP contribution in [0.1, 0.15) is 19.3 Å². The molecule has 0 atom stereocenters. The van der Waals surface area contributed by atoms with Crippen LogP contribution >= 0.6 is 31.9 Å². The van der Waals surface area contributed by atoms with Crippen LogP contribution in [0.25, 0.3) is 0 Å². The number of nitrogens with zero attached hydrogens (tertiary/aromatic N) is 1. The maximum absolute atomic E-state index is 4.63. The van der Waals surface area contributed by atoms with Crippen molar-refractivity contribution < 1.29 is 0 Å². The summed E-state index contributed by atoms with van der Waals surface area (Å²) in [5.41, 5.74) is 0.974. The van der Waals surface area contributed by atoms with E-state index in [1.165, 1.54) is 12.8 Å². The van der Waals surface area contributed by atoms with Crippen molar-refractivity contribution >= 4 is 43.4 Å². The molecule has 1 aromatic carbocycles. The van der Waals surface area contributed by atoms with Gasteiger partial charge in [-0.3, -0.25) is 0 Å². The normalized spacial score (nSPS) is 18.9. The van der Waals surface area contributed by atoms with E-state index in [9.17, 15) is 0 Å². The first-order valence-corrected chi connectivity index (χ1v) is 6.61. The SMILES string of the molecule is Brc1cccc(Br)c1/N=C1/CCCCN1. The van der Waals surface area contributed by atoms with Crippen molar-refractivity contribution in [2.75, 3.05) is 6.54 Å². The second-order valence-corrected chi connectivity index (χ2v) is 5.22. The number of piperidine rings is 1. The van der Waals surface area contributed by atoms with Crippen LogP contribution in [0.15, 0.2) is 32.1 Å². The Bertz CT molecular complexity index is 360. The van der Waals surface area contributed by atoms with Crippen molar-refractivity contribution in [3.05, 3.63) is 27.1 Å². The fourth-order valence-corrected chi connectivity index (χ4v) is 2.74. The first kappa shape index (κ1) is 11.1. The van der Waals surface area contributed by atoms with Crippen molar-refractivity contribution in [3.63, 3.8) is 0 Å². The van der Waals surface area contributed by atoms with E-state index in [1.54, 1.807) is 0 Å². The largest absolute Gasteiger partial charge is 0.374 e. The van der Waals surface area contributed by atoms with E-state index in [0.29, 0.717) is 0 Å². The van der Waals surface area contributed by atoms with E-state index in [2.05, 4.69) is 42.2 Å². The van der Waals surface area contributed by atoms with Gasteiger partial charge in [-0.2, -0.15) is 0 Å². The zero-order valence-electron chi connectivity index (χ0n) is 8.26. The molecule has 0 saturated carbocycles. The molecule has 80 valence electrons. The lowest BCUT2D eigenvalue weighted by Gasteiger charge is -2.15. The summed E-state index contributed by atoms with van der Waals surface area (Å²) < 4.78 is 2.05. The summed E-state index contributed by atoms with van der Waals surface area (Å²) in [5.74, 6) is 1.09. The molecule has 15 heavy (non-hydrogen) atoms. The van der Waals surface area contributed by atoms with Crippen LogP contribution in [0.5, 0.6) is 0 Å². The van der Waals surface area contributed by atoms with Crippen molar-refractivity contribution in [2.24, 2.45) is 4.99 Å². The average molecular weight is 332 g/mol. The Morgan fingerprint density at radius 3 is 2.47 bits per heavy atom. The van der Waals surface area contributed by atoms with Crippen LogP contribution < -0.4 is 5.32 Å². The fraction of sp³-hybridized carbons (Fsp3) is 0.364. The lowest BCUT2D eigenvalue weighted by atomic mass is 10.1. The third-order valence-electron chi connectivity index (χ3n) is 2.35. The molecule has 0 spiro atoms. The first-order valence-electron chi connectivity index (χ1n) is 5.03. The molecule has 0 bridgehead atoms. The molecule has 1 N–H and O–H groups in total. The van der Waals surface area contributed by atoms with Crippen molar-refractivity contribution in [1.82, 2.24) is 5.32 Å². The zero-order chi connectivity index (χ0) is 10.7. The van der Waals surface area contributed by atoms with Gasteiger partial charge in [0.05, 0.1) is 5.69 Å². The highest BCUT2D eigenvalue weighted by Crippen LogP contribution is 2.33. The predicted molar refractivity (Wildman–Crippen MR) is 70.8 cm³/mol. The molecule has 1 aromatic rings. The Kier molecular flexibility index (Phi) is 3.81. The monoisotopic (exact) mass is 330 g/mol. The van der Waals surface area contributed by atoms with Crippen molar-refractivity contribution in [3.8, 4) is 0 Å². The molecular formula is C11H12Br2N2. The molecule has 1 heterocycles. The fourth-order valence-electron chi connectivity index (χ4n) is 1.56. The molecular weight excluding hydrogens is 320 g/mol. The van der Waals surface area contributed by atoms with Crippen molar-refractivity contribution in [2.45, 2.75) is 19.3 Å². The quantitative estimate of drug-likeness (QED) is 0.826. The number of halogens is 2. The molecule has 1 saturated heterocycles. The molecule has 0 amide bonds. The number of rotatable bonds is 1. The summed E-state index contributed by atoms with van der Waals surface area (Å²) in [5, 5.41) is 3.33. The van der Waals surface area contributed by atoms with E-state index in [4.69, 9.17) is 0 Å². The molecule has 0 radical (unpaired) electrons. The smallest absolute Gasteiger partial charge is 0.102 e. The van der Waals surface area contributed by atoms with Crippen LogP contribution in [-0.4, -0.2) is 12.4 Å². The van der Waals surface area contributed by atoms with Gasteiger partial charge in [0.25, 0.3) is 0 Å². The van der Waals surface area contributed by atoms with Gasteiger partial charge in [-0.05, 0) is 56.8 Å². The van der Waals surface area contributed by atoms with Gasteiger partial charge in [-0.1, -0.05) is 6.07 Å². The number of aliphatic imine (C=N–C) groups is 1. The summed E-state index contributed by atoms with van der Waals surface area (Å²) >= 11 is 7.02. The Morgan fingerprint density at radius 2 is 1.87 bits per heavy atom. The summed E-state index contributed by atoms with van der Waals surface area (Å²) in [7, 11) is 0. The van der Waals surface area contributed by atoms with Gasteiger partial charge in [-0.15, -0.1) is 0 Å². The summed E-state index contributed by atoms with van der Waals surface area (Å²) in [6, 6.07) is 6.01. The maximum atomic E-state index is 4.63. The van der Waals surface area contributed by atoms with E-state index in [1.807, 2.05) is 18.2 Å². The van der Waals surface area contributed by atoms with Crippen LogP contribution in [0.3, 0.4) is 0 Å². The molecule has 0 unspecified atom stereocenters. The van der Waals surface area contributed by atoms with Crippen LogP contribution in [0.4, 0.5) is 5.69 Å². The minimum Gasteiger partial charge on any atom is -0.374 e. The average Bonchev–Trinajstić information content (AvgIpc) is 2.25. The minimum atomic E-state index is 0.974. The van der Waals surface area contributed by atoms with Gasteiger partial charge < -0.3 is 5.32 Å². The second-order valence-electron chi connectivity index (χ2n) is 3.51. The number of nitrogens with one attached hydrogen (secondary N) is 1. The molecule has 1 fully saturated rings. The Labute approximate surface area is 106 Å². The second kappa shape index (κ2) is 5.12. The highest BCUT2D eigenvalue weighted by Gasteiger charge is 2.08. The number of hydrogen-bond acceptors (Lipinski definition) is 1. The number of hydrogen-bond donors (Lipinski definition) is 1. The van der Waals surface area contributed by atoms with Crippen molar-refractivity contribution in [1.29, 1.82) is 0 Å². The Morgan fingerprint density at radius 1 is 1.13 bits per heavy atom. The minimum absolute atomic E-state index is 0.974. The van der Waals surface area contributed by atoms with E-state index in [-0.39, 0.29) is 0 Å². The van der Waals surface area contributed by atoms with E-state index in [0.717, 1.165) is 33.4 Å². The third kappa shape index (κ3) is 2.82. The van der Waals surface area contributed by atoms with Gasteiger partial charge in [0.15, 0.2) is 0 Å². The summed E-state index contributed by atoms with van der Waals surface area (Å²) in [6.07, 6.45) is 3.53. The van der Waals surface area contributed by atoms with E-state index >= 15 is 0 Å². The third-order valence-corrected chi connectivity index (χ3v) is 3.63. The summed E-state index contributed by atoms with van der Waals surface area (Å²) in [4.78, 5) is 4.63. The van der Waals surface area contributed by atoms with Gasteiger partial charge >= 0.3 is 0 Å². The number of amidine groups is 1. The van der Waals surface area contributed by atoms with Gasteiger partial charge in [0.2, 0.25) is 0 Å². The lowest BCUT2D eigenvalue weighted by Crippen LogP contribution is -2.28. The van der Waals surface area contributed by atoms with Gasteiger partial charge in [0, 0.05) is 21.9 Å². The molecule has 0 aromatic heterocycles. The topological polar surface area (TPSA) is 24.4 Å². The highest BCUT2D eigenvalue weighted by molar-refractivity contribution is 9.11. The summed E-state index contributed by atoms with van der Waals surface area (Å²) in [6.45, 7) is 1.04. The highest BCUT2D eigenvalue weighted by atomic mass is 79.9. The predicted octanol–water partition coefficient (Wildman–Crippen LogP) is 4.02. The standard InChI is InChI=1S/C11H12Br2N2/c12-8-4-3-5-9(13)11(8)15-10-6-1-2-7-14-10/h3-5H,1-2,6-7H2,(H,14,15). The Balaban J connectivity index is 2.29. The van der Waals surface area contributed by atoms with Crippen LogP contribution in [-0.2, 0) is 0 Å². The zero-order valence-corrected chi connectivity index (χ0v) is 11.4. The van der Waals surface area contributed by atoms with Crippen LogP contribution in [0.2, 0.25) is 0 Å². The van der Waals surface area contributed by atoms with Gasteiger partial charge in [-0.25, -0.2) is 4.99 Å². The maximum Gasteiger partial charge on any atom is 0.102 e. The lowest BCUT2D eigenvalue weighted by molar-refractivity contribution is 0.669.